The van der Waals surface area contributed by atoms with Crippen LogP contribution in [0.4, 0.5) is 5.69 Å². The zero-order valence-electron chi connectivity index (χ0n) is 20.2. The lowest BCUT2D eigenvalue weighted by molar-refractivity contribution is -0.114. The third-order valence-corrected chi connectivity index (χ3v) is 6.36. The van der Waals surface area contributed by atoms with Gasteiger partial charge in [-0.2, -0.15) is 10.1 Å². The van der Waals surface area contributed by atoms with Gasteiger partial charge in [-0.25, -0.2) is 4.79 Å². The average molecular weight is 511 g/mol. The zero-order valence-corrected chi connectivity index (χ0v) is 20.9. The van der Waals surface area contributed by atoms with Gasteiger partial charge in [0.25, 0.3) is 5.91 Å². The largest absolute Gasteiger partial charge is 0.478 e. The van der Waals surface area contributed by atoms with E-state index < -0.39 is 5.97 Å². The van der Waals surface area contributed by atoms with Crippen LogP contribution < -0.4 is 5.01 Å². The molecule has 5 rings (SSSR count). The molecule has 0 radical (unpaired) electrons. The molecule has 1 aliphatic rings. The Kier molecular flexibility index (Phi) is 6.51. The molecule has 0 saturated carbocycles. The van der Waals surface area contributed by atoms with Gasteiger partial charge in [0.15, 0.2) is 0 Å². The zero-order chi connectivity index (χ0) is 26.1. The number of anilines is 1. The molecule has 2 heterocycles. The first-order valence-corrected chi connectivity index (χ1v) is 12.1. The van der Waals surface area contributed by atoms with Crippen LogP contribution in [0.5, 0.6) is 0 Å². The van der Waals surface area contributed by atoms with Crippen molar-refractivity contribution >= 4 is 41.0 Å². The van der Waals surface area contributed by atoms with E-state index in [1.165, 1.54) is 22.7 Å². The van der Waals surface area contributed by atoms with Gasteiger partial charge in [0.1, 0.15) is 17.2 Å². The smallest absolute Gasteiger partial charge is 0.336 e. The van der Waals surface area contributed by atoms with Crippen LogP contribution in [-0.4, -0.2) is 22.7 Å². The molecule has 6 nitrogen and oxygen atoms in total. The van der Waals surface area contributed by atoms with Crippen LogP contribution >= 0.6 is 11.6 Å². The minimum atomic E-state index is -1.09. The predicted octanol–water partition coefficient (Wildman–Crippen LogP) is 7.26. The normalized spacial score (nSPS) is 14.5. The maximum atomic E-state index is 13.6. The molecule has 1 aliphatic heterocycles. The Balaban J connectivity index is 1.55. The number of carbonyl (C=O) groups is 2. The van der Waals surface area contributed by atoms with Gasteiger partial charge >= 0.3 is 5.97 Å². The highest BCUT2D eigenvalue weighted by Gasteiger charge is 2.32. The van der Waals surface area contributed by atoms with Crippen LogP contribution in [0.25, 0.3) is 17.4 Å². The van der Waals surface area contributed by atoms with Crippen LogP contribution in [-0.2, 0) is 4.79 Å². The van der Waals surface area contributed by atoms with Gasteiger partial charge in [-0.3, -0.25) is 4.79 Å². The summed E-state index contributed by atoms with van der Waals surface area (Å²) in [5.74, 6) is -0.294. The maximum absolute atomic E-state index is 13.6. The third-order valence-electron chi connectivity index (χ3n) is 6.12. The summed E-state index contributed by atoms with van der Waals surface area (Å²) in [6.45, 7) is 4.23. The first kappa shape index (κ1) is 24.3. The van der Waals surface area contributed by atoms with Crippen molar-refractivity contribution in [2.24, 2.45) is 5.10 Å². The fourth-order valence-electron chi connectivity index (χ4n) is 4.15. The summed E-state index contributed by atoms with van der Waals surface area (Å²) in [5, 5.41) is 16.0. The van der Waals surface area contributed by atoms with Crippen LogP contribution in [0.2, 0.25) is 5.02 Å². The quantitative estimate of drug-likeness (QED) is 0.277. The molecule has 0 bridgehead atoms. The lowest BCUT2D eigenvalue weighted by Crippen LogP contribution is -2.21. The summed E-state index contributed by atoms with van der Waals surface area (Å²) in [7, 11) is 0. The molecular formula is C30H23ClN2O4. The molecule has 0 unspecified atom stereocenters. The number of amides is 1. The molecule has 0 aliphatic carbocycles. The lowest BCUT2D eigenvalue weighted by atomic mass is 10.0. The van der Waals surface area contributed by atoms with Crippen LogP contribution in [0.3, 0.4) is 0 Å². The van der Waals surface area contributed by atoms with E-state index >= 15 is 0 Å². The number of benzene rings is 3. The number of hydrogen-bond acceptors (Lipinski definition) is 4. The third kappa shape index (κ3) is 4.84. The standard InChI is InChI=1S/C30H23ClN2O4/c1-18(2)19-8-11-22(12-9-19)33-29(34)26(28(32-33)20-6-4-3-5-7-20)17-23-13-15-27(37-23)25-16-21(31)10-14-24(25)30(35)36/h3-18H,1-2H3,(H,35,36)/b26-17-. The Morgan fingerprint density at radius 1 is 1.00 bits per heavy atom. The number of carboxylic acids is 1. The number of carbonyl (C=O) groups excluding carboxylic acids is 1. The summed E-state index contributed by atoms with van der Waals surface area (Å²) in [5.41, 5.74) is 3.93. The van der Waals surface area contributed by atoms with Crippen molar-refractivity contribution in [3.05, 3.63) is 118 Å². The summed E-state index contributed by atoms with van der Waals surface area (Å²) < 4.78 is 5.97. The summed E-state index contributed by atoms with van der Waals surface area (Å²) in [6, 6.07) is 25.1. The Labute approximate surface area is 219 Å². The van der Waals surface area contributed by atoms with E-state index in [0.29, 0.717) is 45.0 Å². The van der Waals surface area contributed by atoms with Crippen molar-refractivity contribution < 1.29 is 19.1 Å². The van der Waals surface area contributed by atoms with E-state index in [1.807, 2.05) is 54.6 Å². The van der Waals surface area contributed by atoms with Crippen LogP contribution in [0, 0.1) is 0 Å². The summed E-state index contributed by atoms with van der Waals surface area (Å²) >= 11 is 6.11. The van der Waals surface area contributed by atoms with Crippen molar-refractivity contribution in [1.82, 2.24) is 0 Å². The summed E-state index contributed by atoms with van der Waals surface area (Å²) in [4.78, 5) is 25.3. The van der Waals surface area contributed by atoms with Crippen molar-refractivity contribution in [3.63, 3.8) is 0 Å². The van der Waals surface area contributed by atoms with E-state index in [9.17, 15) is 14.7 Å². The van der Waals surface area contributed by atoms with E-state index in [4.69, 9.17) is 16.0 Å². The molecule has 0 saturated heterocycles. The van der Waals surface area contributed by atoms with Gasteiger partial charge in [-0.1, -0.05) is 67.9 Å². The fourth-order valence-corrected chi connectivity index (χ4v) is 4.33. The Bertz CT molecular complexity index is 1550. The van der Waals surface area contributed by atoms with E-state index in [-0.39, 0.29) is 11.5 Å². The topological polar surface area (TPSA) is 83.1 Å². The first-order chi connectivity index (χ1) is 17.8. The second-order valence-corrected chi connectivity index (χ2v) is 9.37. The molecule has 4 aromatic rings. The molecular weight excluding hydrogens is 488 g/mol. The predicted molar refractivity (Wildman–Crippen MR) is 145 cm³/mol. The molecule has 37 heavy (non-hydrogen) atoms. The Morgan fingerprint density at radius 3 is 2.41 bits per heavy atom. The second-order valence-electron chi connectivity index (χ2n) is 8.93. The number of nitrogens with zero attached hydrogens (tertiary/aromatic N) is 2. The number of hydrogen-bond donors (Lipinski definition) is 1. The molecule has 1 aromatic heterocycles. The molecule has 184 valence electrons. The molecule has 0 spiro atoms. The number of halogens is 1. The van der Waals surface area contributed by atoms with Gasteiger partial charge < -0.3 is 9.52 Å². The van der Waals surface area contributed by atoms with Gasteiger partial charge in [0.05, 0.1) is 16.8 Å². The Hall–Kier alpha value is -4.42. The van der Waals surface area contributed by atoms with Crippen molar-refractivity contribution in [2.75, 3.05) is 5.01 Å². The lowest BCUT2D eigenvalue weighted by Gasteiger charge is -2.13. The highest BCUT2D eigenvalue weighted by atomic mass is 35.5. The van der Waals surface area contributed by atoms with E-state index in [0.717, 1.165) is 5.56 Å². The minimum absolute atomic E-state index is 0.0671. The molecule has 7 heteroatoms. The van der Waals surface area contributed by atoms with Crippen LogP contribution in [0.15, 0.2) is 100 Å². The van der Waals surface area contributed by atoms with Gasteiger partial charge in [-0.15, -0.1) is 0 Å². The van der Waals surface area contributed by atoms with Gasteiger partial charge in [0, 0.05) is 16.1 Å². The molecule has 0 atom stereocenters. The van der Waals surface area contributed by atoms with Crippen LogP contribution in [0.1, 0.15) is 47.0 Å². The number of hydrazone groups is 1. The molecule has 1 amide bonds. The second kappa shape index (κ2) is 9.91. The van der Waals surface area contributed by atoms with Crippen molar-refractivity contribution in [1.29, 1.82) is 0 Å². The maximum Gasteiger partial charge on any atom is 0.336 e. The number of furan rings is 1. The highest BCUT2D eigenvalue weighted by molar-refractivity contribution is 6.37. The fraction of sp³-hybridized carbons (Fsp3) is 0.100. The SMILES string of the molecule is CC(C)c1ccc(N2N=C(c3ccccc3)/C(=C/c3ccc(-c4cc(Cl)ccc4C(=O)O)o3)C2=O)cc1. The highest BCUT2D eigenvalue weighted by Crippen LogP contribution is 2.32. The number of aromatic carboxylic acids is 1. The number of rotatable bonds is 6. The van der Waals surface area contributed by atoms with Crippen molar-refractivity contribution in [2.45, 2.75) is 19.8 Å². The van der Waals surface area contributed by atoms with Gasteiger partial charge in [0.2, 0.25) is 0 Å². The van der Waals surface area contributed by atoms with Gasteiger partial charge in [-0.05, 0) is 60.0 Å². The molecule has 0 fully saturated rings. The summed E-state index contributed by atoms with van der Waals surface area (Å²) in [6.07, 6.45) is 1.63. The van der Waals surface area contributed by atoms with E-state index in [1.54, 1.807) is 24.3 Å². The first-order valence-electron chi connectivity index (χ1n) is 11.8. The molecule has 1 N–H and O–H groups in total. The van der Waals surface area contributed by atoms with Crippen molar-refractivity contribution in [3.8, 4) is 11.3 Å². The average Bonchev–Trinajstić information content (AvgIpc) is 3.49. The molecule has 3 aromatic carbocycles. The van der Waals surface area contributed by atoms with E-state index in [2.05, 4.69) is 18.9 Å². The Morgan fingerprint density at radius 2 is 1.73 bits per heavy atom. The number of carboxylic acid groups (broad SMARTS) is 1. The monoisotopic (exact) mass is 510 g/mol. The minimum Gasteiger partial charge on any atom is -0.478 e.